The maximum atomic E-state index is 5.26. The highest BCUT2D eigenvalue weighted by Crippen LogP contribution is 2.18. The molecule has 0 heterocycles. The number of hydrogen-bond acceptors (Lipinski definition) is 2. The number of nitrogens with two attached hydrogens (primary N) is 1. The summed E-state index contributed by atoms with van der Waals surface area (Å²) in [6, 6.07) is 18.3. The fraction of sp³-hybridized carbons (Fsp3) is 0. The molecule has 0 amide bonds. The number of rotatable bonds is 3. The smallest absolute Gasteiger partial charge is 0.184 e. The Morgan fingerprint density at radius 2 is 1.61 bits per heavy atom. The predicted molar refractivity (Wildman–Crippen MR) is 79.4 cm³/mol. The van der Waals surface area contributed by atoms with E-state index in [-0.39, 0.29) is 5.11 Å². The number of hydrazone groups is 1. The highest BCUT2D eigenvalue weighted by Gasteiger charge is 1.95. The summed E-state index contributed by atoms with van der Waals surface area (Å²) in [7, 11) is 0. The third-order valence-corrected chi connectivity index (χ3v) is 2.50. The predicted octanol–water partition coefficient (Wildman–Crippen LogP) is 2.52. The van der Waals surface area contributed by atoms with Gasteiger partial charge in [-0.05, 0) is 28.9 Å². The lowest BCUT2D eigenvalue weighted by atomic mass is 10.0. The molecule has 0 bridgehead atoms. The standard InChI is InChI=1S/C14H13N3S/c15-14(18)17-16-10-11-6-8-13(9-7-11)12-4-2-1-3-5-12/h1-10H,(H3,15,17,18). The van der Waals surface area contributed by atoms with Crippen molar-refractivity contribution in [1.29, 1.82) is 0 Å². The molecule has 0 unspecified atom stereocenters. The normalized spacial score (nSPS) is 10.4. The second-order valence-corrected chi connectivity index (χ2v) is 4.16. The second-order valence-electron chi connectivity index (χ2n) is 3.72. The highest BCUT2D eigenvalue weighted by molar-refractivity contribution is 7.80. The van der Waals surface area contributed by atoms with Crippen molar-refractivity contribution in [1.82, 2.24) is 5.43 Å². The molecule has 0 saturated heterocycles. The van der Waals surface area contributed by atoms with Crippen molar-refractivity contribution < 1.29 is 0 Å². The van der Waals surface area contributed by atoms with Gasteiger partial charge < -0.3 is 5.73 Å². The van der Waals surface area contributed by atoms with Gasteiger partial charge in [0.15, 0.2) is 5.11 Å². The van der Waals surface area contributed by atoms with Gasteiger partial charge in [-0.25, -0.2) is 0 Å². The number of nitrogens with zero attached hydrogens (tertiary/aromatic N) is 1. The summed E-state index contributed by atoms with van der Waals surface area (Å²) in [5, 5.41) is 4.06. The Balaban J connectivity index is 2.11. The van der Waals surface area contributed by atoms with Crippen LogP contribution >= 0.6 is 12.2 Å². The molecule has 3 nitrogen and oxygen atoms in total. The molecule has 3 N–H and O–H groups in total. The quantitative estimate of drug-likeness (QED) is 0.503. The third kappa shape index (κ3) is 3.40. The average Bonchev–Trinajstić information content (AvgIpc) is 2.40. The summed E-state index contributed by atoms with van der Waals surface area (Å²) >= 11 is 4.65. The van der Waals surface area contributed by atoms with Crippen LogP contribution < -0.4 is 11.2 Å². The molecular formula is C14H13N3S. The Morgan fingerprint density at radius 3 is 2.22 bits per heavy atom. The van der Waals surface area contributed by atoms with E-state index in [1.165, 1.54) is 11.1 Å². The van der Waals surface area contributed by atoms with Gasteiger partial charge in [0.1, 0.15) is 0 Å². The molecule has 0 aliphatic rings. The van der Waals surface area contributed by atoms with Crippen LogP contribution in [-0.4, -0.2) is 11.3 Å². The van der Waals surface area contributed by atoms with Crippen molar-refractivity contribution in [2.45, 2.75) is 0 Å². The number of thiocarbonyl (C=S) groups is 1. The van der Waals surface area contributed by atoms with Crippen LogP contribution in [0.1, 0.15) is 5.56 Å². The van der Waals surface area contributed by atoms with Crippen LogP contribution in [-0.2, 0) is 0 Å². The average molecular weight is 255 g/mol. The highest BCUT2D eigenvalue weighted by atomic mass is 32.1. The lowest BCUT2D eigenvalue weighted by Gasteiger charge is -2.01. The van der Waals surface area contributed by atoms with Gasteiger partial charge >= 0.3 is 0 Å². The Kier molecular flexibility index (Phi) is 4.04. The van der Waals surface area contributed by atoms with Crippen LogP contribution in [0.4, 0.5) is 0 Å². The largest absolute Gasteiger partial charge is 0.375 e. The van der Waals surface area contributed by atoms with Crippen LogP contribution in [0, 0.1) is 0 Å². The molecule has 2 aromatic rings. The van der Waals surface area contributed by atoms with Gasteiger partial charge in [0.05, 0.1) is 6.21 Å². The zero-order valence-corrected chi connectivity index (χ0v) is 10.5. The molecule has 4 heteroatoms. The van der Waals surface area contributed by atoms with Gasteiger partial charge in [-0.15, -0.1) is 0 Å². The van der Waals surface area contributed by atoms with E-state index in [4.69, 9.17) is 5.73 Å². The lowest BCUT2D eigenvalue weighted by molar-refractivity contribution is 1.04. The van der Waals surface area contributed by atoms with Gasteiger partial charge in [0, 0.05) is 0 Å². The fourth-order valence-corrected chi connectivity index (χ4v) is 1.62. The van der Waals surface area contributed by atoms with Crippen molar-refractivity contribution >= 4 is 23.5 Å². The topological polar surface area (TPSA) is 50.4 Å². The van der Waals surface area contributed by atoms with Crippen molar-refractivity contribution in [2.75, 3.05) is 0 Å². The minimum absolute atomic E-state index is 0.159. The van der Waals surface area contributed by atoms with E-state index in [0.717, 1.165) is 5.56 Å². The van der Waals surface area contributed by atoms with Crippen molar-refractivity contribution in [2.24, 2.45) is 10.8 Å². The van der Waals surface area contributed by atoms with E-state index in [2.05, 4.69) is 47.0 Å². The maximum Gasteiger partial charge on any atom is 0.184 e. The molecule has 0 aliphatic carbocycles. The molecule has 2 aromatic carbocycles. The SMILES string of the molecule is NC(=S)NN=Cc1ccc(-c2ccccc2)cc1. The number of benzene rings is 2. The molecule has 0 fully saturated rings. The molecule has 18 heavy (non-hydrogen) atoms. The molecular weight excluding hydrogens is 242 g/mol. The van der Waals surface area contributed by atoms with Crippen LogP contribution in [0.2, 0.25) is 0 Å². The Bertz CT molecular complexity index is 547. The second kappa shape index (κ2) is 5.93. The summed E-state index contributed by atoms with van der Waals surface area (Å²) in [5.41, 5.74) is 11.1. The van der Waals surface area contributed by atoms with E-state index < -0.39 is 0 Å². The van der Waals surface area contributed by atoms with Crippen LogP contribution in [0.5, 0.6) is 0 Å². The summed E-state index contributed by atoms with van der Waals surface area (Å²) in [5.74, 6) is 0. The van der Waals surface area contributed by atoms with E-state index in [9.17, 15) is 0 Å². The third-order valence-electron chi connectivity index (χ3n) is 2.41. The van der Waals surface area contributed by atoms with Gasteiger partial charge in [0.25, 0.3) is 0 Å². The molecule has 2 rings (SSSR count). The first-order chi connectivity index (χ1) is 8.75. The van der Waals surface area contributed by atoms with Crippen molar-refractivity contribution in [3.63, 3.8) is 0 Å². The van der Waals surface area contributed by atoms with E-state index >= 15 is 0 Å². The Labute approximate surface area is 111 Å². The number of hydrogen-bond donors (Lipinski definition) is 2. The van der Waals surface area contributed by atoms with Crippen LogP contribution in [0.15, 0.2) is 59.7 Å². The first-order valence-corrected chi connectivity index (χ1v) is 5.90. The summed E-state index contributed by atoms with van der Waals surface area (Å²) < 4.78 is 0. The first kappa shape index (κ1) is 12.3. The molecule has 0 aliphatic heterocycles. The molecule has 0 aromatic heterocycles. The minimum atomic E-state index is 0.159. The summed E-state index contributed by atoms with van der Waals surface area (Å²) in [6.07, 6.45) is 1.67. The lowest BCUT2D eigenvalue weighted by Crippen LogP contribution is -2.23. The monoisotopic (exact) mass is 255 g/mol. The van der Waals surface area contributed by atoms with Crippen molar-refractivity contribution in [3.05, 3.63) is 60.2 Å². The van der Waals surface area contributed by atoms with Crippen LogP contribution in [0.3, 0.4) is 0 Å². The first-order valence-electron chi connectivity index (χ1n) is 5.50. The number of nitrogens with one attached hydrogen (secondary N) is 1. The molecule has 0 spiro atoms. The van der Waals surface area contributed by atoms with E-state index in [1.54, 1.807) is 6.21 Å². The van der Waals surface area contributed by atoms with Crippen LogP contribution in [0.25, 0.3) is 11.1 Å². The summed E-state index contributed by atoms with van der Waals surface area (Å²) in [4.78, 5) is 0. The zero-order chi connectivity index (χ0) is 12.8. The molecule has 0 atom stereocenters. The molecule has 0 radical (unpaired) electrons. The van der Waals surface area contributed by atoms with Gasteiger partial charge in [-0.1, -0.05) is 54.6 Å². The van der Waals surface area contributed by atoms with Gasteiger partial charge in [-0.2, -0.15) is 5.10 Å². The Morgan fingerprint density at radius 1 is 1.00 bits per heavy atom. The van der Waals surface area contributed by atoms with E-state index in [1.807, 2.05) is 30.3 Å². The molecule has 0 saturated carbocycles. The van der Waals surface area contributed by atoms with Crippen molar-refractivity contribution in [3.8, 4) is 11.1 Å². The summed E-state index contributed by atoms with van der Waals surface area (Å²) in [6.45, 7) is 0. The fourth-order valence-electron chi connectivity index (χ4n) is 1.56. The Hall–Kier alpha value is -2.20. The minimum Gasteiger partial charge on any atom is -0.375 e. The van der Waals surface area contributed by atoms with Gasteiger partial charge in [-0.3, -0.25) is 5.43 Å². The zero-order valence-electron chi connectivity index (χ0n) is 9.71. The maximum absolute atomic E-state index is 5.26. The molecule has 90 valence electrons. The van der Waals surface area contributed by atoms with E-state index in [0.29, 0.717) is 0 Å². The van der Waals surface area contributed by atoms with Gasteiger partial charge in [0.2, 0.25) is 0 Å².